The van der Waals surface area contributed by atoms with Crippen molar-refractivity contribution >= 4 is 0 Å². The second-order valence-electron chi connectivity index (χ2n) is 4.25. The molecule has 0 bridgehead atoms. The Labute approximate surface area is 83.1 Å². The molecule has 0 unspecified atom stereocenters. The van der Waals surface area contributed by atoms with Crippen LogP contribution in [0.5, 0.6) is 0 Å². The van der Waals surface area contributed by atoms with Gasteiger partial charge >= 0.3 is 0 Å². The first-order valence-corrected chi connectivity index (χ1v) is 5.41. The van der Waals surface area contributed by atoms with Crippen molar-refractivity contribution in [2.75, 3.05) is 26.3 Å². The molecule has 0 aromatic carbocycles. The van der Waals surface area contributed by atoms with Crippen molar-refractivity contribution in [3.63, 3.8) is 0 Å². The zero-order valence-electron chi connectivity index (χ0n) is 9.65. The van der Waals surface area contributed by atoms with Crippen molar-refractivity contribution in [2.24, 2.45) is 5.41 Å². The predicted octanol–water partition coefficient (Wildman–Crippen LogP) is 2.44. The van der Waals surface area contributed by atoms with Crippen molar-refractivity contribution in [3.05, 3.63) is 0 Å². The highest BCUT2D eigenvalue weighted by Gasteiger charge is 2.13. The summed E-state index contributed by atoms with van der Waals surface area (Å²) in [5.41, 5.74) is 0.436. The highest BCUT2D eigenvalue weighted by molar-refractivity contribution is 4.68. The van der Waals surface area contributed by atoms with Crippen molar-refractivity contribution in [3.8, 4) is 0 Å². The number of rotatable bonds is 8. The molecule has 0 aromatic rings. The van der Waals surface area contributed by atoms with Crippen LogP contribution in [0.2, 0.25) is 0 Å². The highest BCUT2D eigenvalue weighted by atomic mass is 16.5. The van der Waals surface area contributed by atoms with Crippen LogP contribution in [-0.4, -0.2) is 26.3 Å². The third kappa shape index (κ3) is 8.26. The van der Waals surface area contributed by atoms with Crippen molar-refractivity contribution in [1.82, 2.24) is 5.32 Å². The van der Waals surface area contributed by atoms with Crippen molar-refractivity contribution in [1.29, 1.82) is 0 Å². The Bertz CT molecular complexity index is 113. The Balaban J connectivity index is 3.16. The fourth-order valence-corrected chi connectivity index (χ4v) is 0.995. The second-order valence-corrected chi connectivity index (χ2v) is 4.25. The largest absolute Gasteiger partial charge is 0.382 e. The van der Waals surface area contributed by atoms with Crippen LogP contribution < -0.4 is 5.32 Å². The van der Waals surface area contributed by atoms with Crippen molar-refractivity contribution in [2.45, 2.75) is 40.5 Å². The molecule has 0 saturated heterocycles. The molecule has 0 aliphatic carbocycles. The average molecular weight is 187 g/mol. The molecule has 0 aliphatic heterocycles. The Hall–Kier alpha value is -0.0800. The van der Waals surface area contributed by atoms with Gasteiger partial charge in [0.25, 0.3) is 0 Å². The van der Waals surface area contributed by atoms with E-state index in [9.17, 15) is 0 Å². The molecule has 2 heteroatoms. The van der Waals surface area contributed by atoms with Gasteiger partial charge in [0.2, 0.25) is 0 Å². The Morgan fingerprint density at radius 2 is 1.92 bits per heavy atom. The summed E-state index contributed by atoms with van der Waals surface area (Å²) >= 11 is 0. The Morgan fingerprint density at radius 1 is 1.23 bits per heavy atom. The van der Waals surface area contributed by atoms with Gasteiger partial charge in [-0.25, -0.2) is 0 Å². The van der Waals surface area contributed by atoms with Crippen LogP contribution in [0.25, 0.3) is 0 Å². The van der Waals surface area contributed by atoms with Gasteiger partial charge < -0.3 is 10.1 Å². The fraction of sp³-hybridized carbons (Fsp3) is 1.00. The Morgan fingerprint density at radius 3 is 2.46 bits per heavy atom. The summed E-state index contributed by atoms with van der Waals surface area (Å²) < 4.78 is 5.25. The van der Waals surface area contributed by atoms with Gasteiger partial charge in [-0.1, -0.05) is 20.8 Å². The van der Waals surface area contributed by atoms with Gasteiger partial charge in [-0.3, -0.25) is 0 Å². The average Bonchev–Trinajstić information content (AvgIpc) is 2.11. The zero-order valence-corrected chi connectivity index (χ0v) is 9.65. The maximum absolute atomic E-state index is 5.25. The highest BCUT2D eigenvalue weighted by Crippen LogP contribution is 2.17. The van der Waals surface area contributed by atoms with E-state index >= 15 is 0 Å². The first kappa shape index (κ1) is 12.9. The molecule has 0 heterocycles. The summed E-state index contributed by atoms with van der Waals surface area (Å²) in [6, 6.07) is 0. The summed E-state index contributed by atoms with van der Waals surface area (Å²) in [5, 5.41) is 3.46. The van der Waals surface area contributed by atoms with Gasteiger partial charge in [-0.2, -0.15) is 0 Å². The predicted molar refractivity (Wildman–Crippen MR) is 58.1 cm³/mol. The lowest BCUT2D eigenvalue weighted by atomic mass is 9.90. The zero-order chi connectivity index (χ0) is 10.2. The van der Waals surface area contributed by atoms with E-state index in [0.717, 1.165) is 32.7 Å². The number of hydrogen-bond acceptors (Lipinski definition) is 2. The summed E-state index contributed by atoms with van der Waals surface area (Å²) in [5.74, 6) is 0. The molecule has 1 N–H and O–H groups in total. The van der Waals surface area contributed by atoms with E-state index in [1.807, 2.05) is 6.92 Å². The topological polar surface area (TPSA) is 21.3 Å². The molecule has 0 atom stereocenters. The van der Waals surface area contributed by atoms with Gasteiger partial charge in [0.05, 0.1) is 0 Å². The van der Waals surface area contributed by atoms with Gasteiger partial charge in [0.15, 0.2) is 0 Å². The van der Waals surface area contributed by atoms with Crippen molar-refractivity contribution < 1.29 is 4.74 Å². The van der Waals surface area contributed by atoms with Gasteiger partial charge in [0, 0.05) is 19.8 Å². The SMILES string of the molecule is CCOCCCNCC(C)(C)CC. The number of hydrogen-bond donors (Lipinski definition) is 1. The quantitative estimate of drug-likeness (QED) is 0.589. The van der Waals surface area contributed by atoms with Crippen LogP contribution in [0.4, 0.5) is 0 Å². The van der Waals surface area contributed by atoms with Crippen LogP contribution >= 0.6 is 0 Å². The molecular formula is C11H25NO. The molecule has 0 fully saturated rings. The van der Waals surface area contributed by atoms with E-state index in [4.69, 9.17) is 4.74 Å². The molecule has 0 aliphatic rings. The van der Waals surface area contributed by atoms with Crippen LogP contribution in [0, 0.1) is 5.41 Å². The molecule has 2 nitrogen and oxygen atoms in total. The smallest absolute Gasteiger partial charge is 0.0477 e. The molecule has 0 radical (unpaired) electrons. The van der Waals surface area contributed by atoms with Crippen LogP contribution in [0.15, 0.2) is 0 Å². The molecule has 80 valence electrons. The standard InChI is InChI=1S/C11H25NO/c1-5-11(3,4)10-12-8-7-9-13-6-2/h12H,5-10H2,1-4H3. The van der Waals surface area contributed by atoms with E-state index in [1.165, 1.54) is 6.42 Å². The van der Waals surface area contributed by atoms with E-state index in [0.29, 0.717) is 5.41 Å². The molecular weight excluding hydrogens is 162 g/mol. The van der Waals surface area contributed by atoms with E-state index < -0.39 is 0 Å². The normalized spacial score (nSPS) is 12.0. The summed E-state index contributed by atoms with van der Waals surface area (Å²) in [7, 11) is 0. The maximum Gasteiger partial charge on any atom is 0.0477 e. The molecule has 0 aromatic heterocycles. The monoisotopic (exact) mass is 187 g/mol. The maximum atomic E-state index is 5.25. The molecule has 0 amide bonds. The summed E-state index contributed by atoms with van der Waals surface area (Å²) in [6.45, 7) is 12.8. The lowest BCUT2D eigenvalue weighted by Gasteiger charge is -2.22. The first-order chi connectivity index (χ1) is 6.12. The van der Waals surface area contributed by atoms with E-state index in [2.05, 4.69) is 26.1 Å². The third-order valence-corrected chi connectivity index (χ3v) is 2.41. The first-order valence-electron chi connectivity index (χ1n) is 5.41. The van der Waals surface area contributed by atoms with E-state index in [-0.39, 0.29) is 0 Å². The second kappa shape index (κ2) is 7.34. The minimum Gasteiger partial charge on any atom is -0.382 e. The molecule has 13 heavy (non-hydrogen) atoms. The minimum atomic E-state index is 0.436. The van der Waals surface area contributed by atoms with Crippen LogP contribution in [-0.2, 0) is 4.74 Å². The minimum absolute atomic E-state index is 0.436. The van der Waals surface area contributed by atoms with Crippen LogP contribution in [0.1, 0.15) is 40.5 Å². The fourth-order valence-electron chi connectivity index (χ4n) is 0.995. The van der Waals surface area contributed by atoms with Gasteiger partial charge in [0.1, 0.15) is 0 Å². The van der Waals surface area contributed by atoms with Gasteiger partial charge in [-0.05, 0) is 31.7 Å². The Kier molecular flexibility index (Phi) is 7.29. The summed E-state index contributed by atoms with van der Waals surface area (Å²) in [4.78, 5) is 0. The van der Waals surface area contributed by atoms with Crippen LogP contribution in [0.3, 0.4) is 0 Å². The molecule has 0 saturated carbocycles. The number of nitrogens with one attached hydrogen (secondary N) is 1. The lowest BCUT2D eigenvalue weighted by molar-refractivity contribution is 0.144. The summed E-state index contributed by atoms with van der Waals surface area (Å²) in [6.07, 6.45) is 2.35. The lowest BCUT2D eigenvalue weighted by Crippen LogP contribution is -2.29. The van der Waals surface area contributed by atoms with Gasteiger partial charge in [-0.15, -0.1) is 0 Å². The van der Waals surface area contributed by atoms with E-state index in [1.54, 1.807) is 0 Å². The number of ether oxygens (including phenoxy) is 1. The third-order valence-electron chi connectivity index (χ3n) is 2.41. The molecule has 0 rings (SSSR count). The molecule has 0 spiro atoms.